The summed E-state index contributed by atoms with van der Waals surface area (Å²) in [6.45, 7) is 5.78. The summed E-state index contributed by atoms with van der Waals surface area (Å²) in [7, 11) is 3.44. The minimum Gasteiger partial charge on any atom is -0.497 e. The minimum absolute atomic E-state index is 0. The molecule has 0 amide bonds. The van der Waals surface area contributed by atoms with Gasteiger partial charge in [-0.3, -0.25) is 4.99 Å². The molecule has 6 heteroatoms. The lowest BCUT2D eigenvalue weighted by molar-refractivity contribution is 0.310. The molecule has 22 heavy (non-hydrogen) atoms. The molecular weight excluding hydrogens is 393 g/mol. The number of guanidine groups is 1. The molecule has 0 aromatic heterocycles. The van der Waals surface area contributed by atoms with Crippen LogP contribution in [-0.2, 0) is 0 Å². The summed E-state index contributed by atoms with van der Waals surface area (Å²) >= 11 is 0. The van der Waals surface area contributed by atoms with E-state index in [-0.39, 0.29) is 24.0 Å². The first-order chi connectivity index (χ1) is 10.2. The van der Waals surface area contributed by atoms with E-state index in [2.05, 4.69) is 29.5 Å². The first-order valence-electron chi connectivity index (χ1n) is 7.43. The molecule has 0 saturated heterocycles. The monoisotopic (exact) mass is 421 g/mol. The Morgan fingerprint density at radius 2 is 1.86 bits per heavy atom. The van der Waals surface area contributed by atoms with Crippen LogP contribution in [0.5, 0.6) is 11.5 Å². The highest BCUT2D eigenvalue weighted by molar-refractivity contribution is 14.0. The lowest BCUT2D eigenvalue weighted by Crippen LogP contribution is -2.42. The molecule has 1 rings (SSSR count). The number of benzene rings is 1. The van der Waals surface area contributed by atoms with Crippen molar-refractivity contribution in [1.29, 1.82) is 0 Å². The molecule has 1 aromatic carbocycles. The smallest absolute Gasteiger partial charge is 0.191 e. The van der Waals surface area contributed by atoms with Crippen LogP contribution in [-0.4, -0.2) is 39.3 Å². The first kappa shape index (κ1) is 20.8. The molecule has 0 saturated carbocycles. The zero-order valence-electron chi connectivity index (χ0n) is 13.9. The lowest BCUT2D eigenvalue weighted by Gasteiger charge is -2.16. The van der Waals surface area contributed by atoms with Gasteiger partial charge in [-0.2, -0.15) is 0 Å². The second-order valence-electron chi connectivity index (χ2n) is 4.83. The van der Waals surface area contributed by atoms with E-state index in [9.17, 15) is 0 Å². The van der Waals surface area contributed by atoms with Gasteiger partial charge in [-0.15, -0.1) is 24.0 Å². The highest BCUT2D eigenvalue weighted by Crippen LogP contribution is 2.16. The van der Waals surface area contributed by atoms with E-state index in [1.165, 1.54) is 0 Å². The summed E-state index contributed by atoms with van der Waals surface area (Å²) in [5, 5.41) is 6.60. The van der Waals surface area contributed by atoms with E-state index >= 15 is 0 Å². The van der Waals surface area contributed by atoms with Gasteiger partial charge in [0.05, 0.1) is 13.7 Å². The van der Waals surface area contributed by atoms with Crippen molar-refractivity contribution in [2.45, 2.75) is 32.7 Å². The zero-order valence-corrected chi connectivity index (χ0v) is 16.2. The largest absolute Gasteiger partial charge is 0.497 e. The zero-order chi connectivity index (χ0) is 15.5. The maximum Gasteiger partial charge on any atom is 0.191 e. The molecule has 2 N–H and O–H groups in total. The molecule has 126 valence electrons. The SMILES string of the molecule is CCC(C)NC(=NC)NCCCOc1ccc(OC)cc1.I. The Kier molecular flexibility index (Phi) is 11.7. The molecular formula is C16H28IN3O2. The second kappa shape index (κ2) is 12.4. The third-order valence-corrected chi connectivity index (χ3v) is 3.16. The van der Waals surface area contributed by atoms with Crippen LogP contribution in [0.15, 0.2) is 29.3 Å². The fourth-order valence-corrected chi connectivity index (χ4v) is 1.67. The van der Waals surface area contributed by atoms with Gasteiger partial charge in [-0.05, 0) is 44.0 Å². The Morgan fingerprint density at radius 1 is 1.23 bits per heavy atom. The quantitative estimate of drug-likeness (QED) is 0.293. The molecule has 1 aromatic rings. The molecule has 0 heterocycles. The highest BCUT2D eigenvalue weighted by Gasteiger charge is 2.02. The van der Waals surface area contributed by atoms with E-state index in [0.717, 1.165) is 36.8 Å². The number of hydrogen-bond donors (Lipinski definition) is 2. The molecule has 0 spiro atoms. The van der Waals surface area contributed by atoms with Gasteiger partial charge in [0.2, 0.25) is 0 Å². The Hall–Kier alpha value is -1.18. The summed E-state index contributed by atoms with van der Waals surface area (Å²) in [4.78, 5) is 4.19. The molecule has 0 fully saturated rings. The van der Waals surface area contributed by atoms with Crippen LogP contribution in [0.25, 0.3) is 0 Å². The third-order valence-electron chi connectivity index (χ3n) is 3.16. The van der Waals surface area contributed by atoms with Crippen molar-refractivity contribution >= 4 is 29.9 Å². The maximum absolute atomic E-state index is 5.67. The fourth-order valence-electron chi connectivity index (χ4n) is 1.67. The number of ether oxygens (including phenoxy) is 2. The first-order valence-corrected chi connectivity index (χ1v) is 7.43. The van der Waals surface area contributed by atoms with Crippen molar-refractivity contribution in [3.8, 4) is 11.5 Å². The molecule has 0 bridgehead atoms. The number of aliphatic imine (C=N–C) groups is 1. The molecule has 0 aliphatic rings. The molecule has 1 atom stereocenters. The summed E-state index contributed by atoms with van der Waals surface area (Å²) in [6, 6.07) is 8.04. The Bertz CT molecular complexity index is 424. The summed E-state index contributed by atoms with van der Waals surface area (Å²) in [5.41, 5.74) is 0. The maximum atomic E-state index is 5.67. The molecule has 0 aliphatic heterocycles. The average Bonchev–Trinajstić information content (AvgIpc) is 2.53. The number of nitrogens with one attached hydrogen (secondary N) is 2. The van der Waals surface area contributed by atoms with Crippen LogP contribution < -0.4 is 20.1 Å². The van der Waals surface area contributed by atoms with Crippen LogP contribution >= 0.6 is 24.0 Å². The topological polar surface area (TPSA) is 54.9 Å². The van der Waals surface area contributed by atoms with Crippen molar-refractivity contribution < 1.29 is 9.47 Å². The number of nitrogens with zero attached hydrogens (tertiary/aromatic N) is 1. The number of hydrogen-bond acceptors (Lipinski definition) is 3. The molecule has 5 nitrogen and oxygen atoms in total. The van der Waals surface area contributed by atoms with Gasteiger partial charge in [0.25, 0.3) is 0 Å². The van der Waals surface area contributed by atoms with Crippen LogP contribution in [0.4, 0.5) is 0 Å². The molecule has 1 unspecified atom stereocenters. The fraction of sp³-hybridized carbons (Fsp3) is 0.562. The van der Waals surface area contributed by atoms with Crippen molar-refractivity contribution in [3.63, 3.8) is 0 Å². The van der Waals surface area contributed by atoms with Crippen LogP contribution in [0.3, 0.4) is 0 Å². The van der Waals surface area contributed by atoms with Gasteiger partial charge in [0.15, 0.2) is 5.96 Å². The van der Waals surface area contributed by atoms with Gasteiger partial charge in [-0.1, -0.05) is 6.92 Å². The van der Waals surface area contributed by atoms with Crippen molar-refractivity contribution in [2.75, 3.05) is 27.3 Å². The van der Waals surface area contributed by atoms with Gasteiger partial charge >= 0.3 is 0 Å². The predicted molar refractivity (Wildman–Crippen MR) is 103 cm³/mol. The number of rotatable bonds is 8. The third kappa shape index (κ3) is 8.31. The highest BCUT2D eigenvalue weighted by atomic mass is 127. The lowest BCUT2D eigenvalue weighted by atomic mass is 10.3. The van der Waals surface area contributed by atoms with E-state index in [4.69, 9.17) is 9.47 Å². The summed E-state index contributed by atoms with van der Waals surface area (Å²) in [6.07, 6.45) is 1.98. The number of halogens is 1. The van der Waals surface area contributed by atoms with Gasteiger partial charge in [-0.25, -0.2) is 0 Å². The van der Waals surface area contributed by atoms with Crippen molar-refractivity contribution in [1.82, 2.24) is 10.6 Å². The van der Waals surface area contributed by atoms with E-state index in [1.54, 1.807) is 14.2 Å². The standard InChI is InChI=1S/C16H27N3O2.HI/c1-5-13(2)19-16(17-3)18-11-6-12-21-15-9-7-14(20-4)8-10-15;/h7-10,13H,5-6,11-12H2,1-4H3,(H2,17,18,19);1H. The van der Waals surface area contributed by atoms with E-state index in [0.29, 0.717) is 12.6 Å². The second-order valence-corrected chi connectivity index (χ2v) is 4.83. The molecule has 0 radical (unpaired) electrons. The summed E-state index contributed by atoms with van der Waals surface area (Å²) < 4.78 is 10.8. The van der Waals surface area contributed by atoms with Gasteiger partial charge < -0.3 is 20.1 Å². The van der Waals surface area contributed by atoms with Crippen LogP contribution in [0.2, 0.25) is 0 Å². The van der Waals surface area contributed by atoms with Crippen molar-refractivity contribution in [3.05, 3.63) is 24.3 Å². The minimum atomic E-state index is 0. The van der Waals surface area contributed by atoms with Gasteiger partial charge in [0, 0.05) is 19.6 Å². The Labute approximate surface area is 150 Å². The Balaban J connectivity index is 0.00000441. The normalized spacial score (nSPS) is 12.1. The van der Waals surface area contributed by atoms with Crippen LogP contribution in [0.1, 0.15) is 26.7 Å². The summed E-state index contributed by atoms with van der Waals surface area (Å²) in [5.74, 6) is 2.54. The average molecular weight is 421 g/mol. The predicted octanol–water partition coefficient (Wildman–Crippen LogP) is 3.05. The van der Waals surface area contributed by atoms with Crippen molar-refractivity contribution in [2.24, 2.45) is 4.99 Å². The van der Waals surface area contributed by atoms with Gasteiger partial charge in [0.1, 0.15) is 11.5 Å². The van der Waals surface area contributed by atoms with E-state index in [1.807, 2.05) is 24.3 Å². The van der Waals surface area contributed by atoms with E-state index < -0.39 is 0 Å². The molecule has 0 aliphatic carbocycles. The van der Waals surface area contributed by atoms with Crippen LogP contribution in [0, 0.1) is 0 Å². The number of methoxy groups -OCH3 is 1. The Morgan fingerprint density at radius 3 is 2.41 bits per heavy atom.